The Morgan fingerprint density at radius 2 is 2.03 bits per heavy atom. The van der Waals surface area contributed by atoms with Gasteiger partial charge >= 0.3 is 0 Å². The van der Waals surface area contributed by atoms with Crippen molar-refractivity contribution in [1.82, 2.24) is 25.1 Å². The third-order valence-electron chi connectivity index (χ3n) is 5.16. The SMILES string of the molecule is Cc1ccc([C@@H](O)CNCc2cnc(-n3cc(C#N)c(C(F)F)n3)nc2)c(C)c1COC=O. The molecule has 0 aliphatic rings. The number of nitrogens with one attached hydrogen (secondary N) is 1. The minimum Gasteiger partial charge on any atom is -0.463 e. The van der Waals surface area contributed by atoms with E-state index in [2.05, 4.69) is 20.4 Å². The highest BCUT2D eigenvalue weighted by molar-refractivity contribution is 5.43. The van der Waals surface area contributed by atoms with Gasteiger partial charge in [0.1, 0.15) is 18.4 Å². The number of aromatic nitrogens is 4. The minimum absolute atomic E-state index is 0.0579. The largest absolute Gasteiger partial charge is 0.463 e. The van der Waals surface area contributed by atoms with Crippen molar-refractivity contribution in [1.29, 1.82) is 5.26 Å². The monoisotopic (exact) mass is 456 g/mol. The number of hydrogen-bond acceptors (Lipinski definition) is 8. The Labute approximate surface area is 188 Å². The smallest absolute Gasteiger partial charge is 0.293 e. The van der Waals surface area contributed by atoms with Gasteiger partial charge in [0.15, 0.2) is 0 Å². The fourth-order valence-electron chi connectivity index (χ4n) is 3.37. The van der Waals surface area contributed by atoms with Gasteiger partial charge in [-0.05, 0) is 36.1 Å². The third-order valence-corrected chi connectivity index (χ3v) is 5.16. The van der Waals surface area contributed by atoms with Gasteiger partial charge in [-0.1, -0.05) is 12.1 Å². The van der Waals surface area contributed by atoms with Crippen LogP contribution in [0.15, 0.2) is 30.7 Å². The molecule has 1 aromatic carbocycles. The summed E-state index contributed by atoms with van der Waals surface area (Å²) in [5.74, 6) is 0.0579. The number of hydrogen-bond donors (Lipinski definition) is 2. The van der Waals surface area contributed by atoms with Gasteiger partial charge in [0, 0.05) is 31.0 Å². The van der Waals surface area contributed by atoms with Gasteiger partial charge in [-0.25, -0.2) is 23.4 Å². The second kappa shape index (κ2) is 10.7. The summed E-state index contributed by atoms with van der Waals surface area (Å²) in [6.07, 6.45) is 0.500. The topological polar surface area (TPSA) is 126 Å². The van der Waals surface area contributed by atoms with Gasteiger partial charge in [0.25, 0.3) is 12.9 Å². The summed E-state index contributed by atoms with van der Waals surface area (Å²) >= 11 is 0. The molecule has 3 aromatic rings. The molecule has 3 rings (SSSR count). The molecule has 0 aliphatic carbocycles. The van der Waals surface area contributed by atoms with Crippen LogP contribution in [0.25, 0.3) is 5.95 Å². The zero-order valence-corrected chi connectivity index (χ0v) is 18.0. The van der Waals surface area contributed by atoms with Crippen LogP contribution < -0.4 is 5.32 Å². The predicted octanol–water partition coefficient (Wildman–Crippen LogP) is 2.58. The van der Waals surface area contributed by atoms with Crippen LogP contribution in [-0.4, -0.2) is 37.9 Å². The summed E-state index contributed by atoms with van der Waals surface area (Å²) in [7, 11) is 0. The van der Waals surface area contributed by atoms with Gasteiger partial charge in [-0.2, -0.15) is 10.4 Å². The fraction of sp³-hybridized carbons (Fsp3) is 0.318. The number of carbonyl (C=O) groups is 1. The van der Waals surface area contributed by atoms with Crippen LogP contribution in [0.4, 0.5) is 8.78 Å². The number of alkyl halides is 2. The summed E-state index contributed by atoms with van der Waals surface area (Å²) in [5.41, 5.74) is 3.26. The van der Waals surface area contributed by atoms with E-state index in [0.717, 1.165) is 33.1 Å². The van der Waals surface area contributed by atoms with E-state index < -0.39 is 18.2 Å². The van der Waals surface area contributed by atoms with E-state index in [1.807, 2.05) is 26.0 Å². The van der Waals surface area contributed by atoms with E-state index in [1.165, 1.54) is 12.4 Å². The lowest BCUT2D eigenvalue weighted by molar-refractivity contribution is -0.129. The number of benzene rings is 1. The molecule has 2 N–H and O–H groups in total. The quantitative estimate of drug-likeness (QED) is 0.446. The van der Waals surface area contributed by atoms with Crippen molar-refractivity contribution in [2.24, 2.45) is 0 Å². The van der Waals surface area contributed by atoms with E-state index in [4.69, 9.17) is 10.00 Å². The van der Waals surface area contributed by atoms with Gasteiger partial charge in [0.05, 0.1) is 17.9 Å². The van der Waals surface area contributed by atoms with Gasteiger partial charge in [0.2, 0.25) is 5.95 Å². The number of nitrogens with zero attached hydrogens (tertiary/aromatic N) is 5. The molecule has 0 amide bonds. The lowest BCUT2D eigenvalue weighted by Gasteiger charge is -2.18. The number of carbonyl (C=O) groups excluding carboxylic acids is 1. The average Bonchev–Trinajstić information content (AvgIpc) is 3.24. The van der Waals surface area contributed by atoms with Crippen LogP contribution in [0, 0.1) is 25.2 Å². The van der Waals surface area contributed by atoms with Gasteiger partial charge in [-0.15, -0.1) is 0 Å². The second-order valence-electron chi connectivity index (χ2n) is 7.31. The number of ether oxygens (including phenoxy) is 1. The summed E-state index contributed by atoms with van der Waals surface area (Å²) in [5, 5.41) is 26.4. The molecule has 11 heteroatoms. The average molecular weight is 456 g/mol. The van der Waals surface area contributed by atoms with E-state index in [1.54, 1.807) is 6.07 Å². The molecule has 33 heavy (non-hydrogen) atoms. The summed E-state index contributed by atoms with van der Waals surface area (Å²) in [6, 6.07) is 5.38. The van der Waals surface area contributed by atoms with Crippen molar-refractivity contribution in [2.45, 2.75) is 39.5 Å². The molecule has 0 unspecified atom stereocenters. The first-order chi connectivity index (χ1) is 15.8. The molecule has 2 aromatic heterocycles. The third kappa shape index (κ3) is 5.54. The number of aliphatic hydroxyl groups excluding tert-OH is 1. The Kier molecular flexibility index (Phi) is 7.76. The zero-order valence-electron chi connectivity index (χ0n) is 18.0. The lowest BCUT2D eigenvalue weighted by Crippen LogP contribution is -2.22. The first kappa shape index (κ1) is 23.9. The fourth-order valence-corrected chi connectivity index (χ4v) is 3.37. The molecule has 1 atom stereocenters. The molecule has 0 spiro atoms. The second-order valence-corrected chi connectivity index (χ2v) is 7.31. The Balaban J connectivity index is 1.62. The molecule has 0 aliphatic heterocycles. The maximum atomic E-state index is 12.9. The highest BCUT2D eigenvalue weighted by Gasteiger charge is 2.19. The van der Waals surface area contributed by atoms with Gasteiger partial charge in [-0.3, -0.25) is 4.79 Å². The van der Waals surface area contributed by atoms with Gasteiger partial charge < -0.3 is 15.2 Å². The van der Waals surface area contributed by atoms with Crippen molar-refractivity contribution >= 4 is 6.47 Å². The van der Waals surface area contributed by atoms with Crippen LogP contribution in [0.2, 0.25) is 0 Å². The van der Waals surface area contributed by atoms with E-state index >= 15 is 0 Å². The van der Waals surface area contributed by atoms with Crippen molar-refractivity contribution < 1.29 is 23.4 Å². The zero-order chi connectivity index (χ0) is 24.0. The van der Waals surface area contributed by atoms with Crippen LogP contribution in [-0.2, 0) is 22.7 Å². The number of aryl methyl sites for hydroxylation is 1. The van der Waals surface area contributed by atoms with Crippen LogP contribution in [0.1, 0.15) is 51.6 Å². The molecule has 0 radical (unpaired) electrons. The lowest BCUT2D eigenvalue weighted by atomic mass is 9.95. The Hall–Kier alpha value is -3.75. The maximum absolute atomic E-state index is 12.9. The first-order valence-electron chi connectivity index (χ1n) is 9.97. The molecule has 0 saturated carbocycles. The first-order valence-corrected chi connectivity index (χ1v) is 9.97. The molecule has 9 nitrogen and oxygen atoms in total. The minimum atomic E-state index is -2.87. The molecule has 172 valence electrons. The van der Waals surface area contributed by atoms with Crippen LogP contribution in [0.5, 0.6) is 0 Å². The van der Waals surface area contributed by atoms with Crippen LogP contribution in [0.3, 0.4) is 0 Å². The van der Waals surface area contributed by atoms with E-state index in [9.17, 15) is 18.7 Å². The molecule has 2 heterocycles. The molecular formula is C22H22F2N6O3. The number of nitriles is 1. The molecular weight excluding hydrogens is 434 g/mol. The standard InChI is InChI=1S/C22H22F2N6O3/c1-13-3-4-17(14(2)18(13)11-33-12-31)19(32)9-26-6-15-7-27-22(28-8-15)30-10-16(5-25)20(29-30)21(23)24/h3-4,7-8,10,12,19,21,26,32H,6,9,11H2,1-2H3/t19-/m0/s1. The highest BCUT2D eigenvalue weighted by Crippen LogP contribution is 2.24. The van der Waals surface area contributed by atoms with Crippen molar-refractivity contribution in [3.05, 3.63) is 69.8 Å². The van der Waals surface area contributed by atoms with Crippen molar-refractivity contribution in [3.8, 4) is 12.0 Å². The predicted molar refractivity (Wildman–Crippen MR) is 112 cm³/mol. The Morgan fingerprint density at radius 1 is 1.30 bits per heavy atom. The molecule has 0 bridgehead atoms. The molecule has 0 saturated heterocycles. The van der Waals surface area contributed by atoms with Crippen molar-refractivity contribution in [2.75, 3.05) is 6.54 Å². The maximum Gasteiger partial charge on any atom is 0.293 e. The highest BCUT2D eigenvalue weighted by atomic mass is 19.3. The van der Waals surface area contributed by atoms with E-state index in [-0.39, 0.29) is 24.7 Å². The number of halogens is 2. The normalized spacial score (nSPS) is 11.9. The van der Waals surface area contributed by atoms with E-state index in [0.29, 0.717) is 18.6 Å². The summed E-state index contributed by atoms with van der Waals surface area (Å²) in [4.78, 5) is 18.7. The number of rotatable bonds is 10. The Bertz CT molecular complexity index is 1160. The Morgan fingerprint density at radius 3 is 2.64 bits per heavy atom. The van der Waals surface area contributed by atoms with Crippen molar-refractivity contribution in [3.63, 3.8) is 0 Å². The summed E-state index contributed by atoms with van der Waals surface area (Å²) in [6.45, 7) is 4.92. The molecule has 0 fully saturated rings. The summed E-state index contributed by atoms with van der Waals surface area (Å²) < 4.78 is 31.8. The van der Waals surface area contributed by atoms with Crippen LogP contribution >= 0.6 is 0 Å². The number of aliphatic hydroxyl groups is 1.